The Bertz CT molecular complexity index is 1010. The second-order valence-corrected chi connectivity index (χ2v) is 7.95. The fourth-order valence-electron chi connectivity index (χ4n) is 2.98. The Morgan fingerprint density at radius 2 is 1.85 bits per heavy atom. The number of nitrogens with zero attached hydrogens (tertiary/aromatic N) is 1. The van der Waals surface area contributed by atoms with Crippen molar-refractivity contribution in [1.29, 1.82) is 0 Å². The van der Waals surface area contributed by atoms with Crippen LogP contribution < -0.4 is 9.62 Å². The number of anilines is 2. The molecule has 1 heterocycles. The van der Waals surface area contributed by atoms with Crippen molar-refractivity contribution in [1.82, 2.24) is 0 Å². The first-order valence-electron chi connectivity index (χ1n) is 7.80. The molecular weight excluding hydrogens is 385 g/mol. The van der Waals surface area contributed by atoms with Gasteiger partial charge in [-0.2, -0.15) is 13.2 Å². The molecular formula is C17H15F3N2O4S. The summed E-state index contributed by atoms with van der Waals surface area (Å²) < 4.78 is 66.3. The van der Waals surface area contributed by atoms with Crippen molar-refractivity contribution in [3.05, 3.63) is 53.6 Å². The minimum absolute atomic E-state index is 0.0771. The highest BCUT2D eigenvalue weighted by Gasteiger charge is 2.39. The first kappa shape index (κ1) is 19.0. The summed E-state index contributed by atoms with van der Waals surface area (Å²) in [5, 5.41) is 11.9. The Kier molecular flexibility index (Phi) is 4.54. The van der Waals surface area contributed by atoms with Gasteiger partial charge in [0.15, 0.2) is 0 Å². The molecule has 2 N–H and O–H groups in total. The summed E-state index contributed by atoms with van der Waals surface area (Å²) >= 11 is 0. The third kappa shape index (κ3) is 3.32. The van der Waals surface area contributed by atoms with Gasteiger partial charge >= 0.3 is 12.1 Å². The van der Waals surface area contributed by atoms with Crippen molar-refractivity contribution in [2.24, 2.45) is 0 Å². The van der Waals surface area contributed by atoms with E-state index in [0.29, 0.717) is 11.6 Å². The van der Waals surface area contributed by atoms with E-state index in [9.17, 15) is 26.4 Å². The Balaban J connectivity index is 2.08. The van der Waals surface area contributed by atoms with Crippen LogP contribution in [0.5, 0.6) is 0 Å². The molecule has 2 aromatic carbocycles. The lowest BCUT2D eigenvalue weighted by atomic mass is 10.1. The number of aliphatic carboxylic acids is 1. The molecule has 0 aliphatic carbocycles. The van der Waals surface area contributed by atoms with Crippen molar-refractivity contribution < 1.29 is 31.5 Å². The number of fused-ring (bicyclic) bond motifs is 1. The van der Waals surface area contributed by atoms with Crippen LogP contribution in [0.1, 0.15) is 11.1 Å². The van der Waals surface area contributed by atoms with Gasteiger partial charge in [-0.1, -0.05) is 24.3 Å². The van der Waals surface area contributed by atoms with Crippen LogP contribution in [0.25, 0.3) is 0 Å². The molecule has 1 atom stereocenters. The number of sulfonamides is 1. The summed E-state index contributed by atoms with van der Waals surface area (Å²) in [7, 11) is -3.41. The standard InChI is InChI=1S/C17H15F3N2O4S/c1-22(13-7-4-5-10-9-12(16(23)24)21-15(10)13)27(25,26)14-8-3-2-6-11(14)17(18,19)20/h2-8,12,21H,9H2,1H3,(H,23,24). The number of carboxylic acid groups (broad SMARTS) is 1. The SMILES string of the molecule is CN(c1cccc2c1NC(C(=O)O)C2)S(=O)(=O)c1ccccc1C(F)(F)F. The van der Waals surface area contributed by atoms with Crippen molar-refractivity contribution in [2.45, 2.75) is 23.5 Å². The molecule has 0 radical (unpaired) electrons. The number of hydrogen-bond donors (Lipinski definition) is 2. The Hall–Kier alpha value is -2.75. The zero-order chi connectivity index (χ0) is 20.0. The summed E-state index contributed by atoms with van der Waals surface area (Å²) in [6, 6.07) is 7.57. The molecule has 10 heteroatoms. The average Bonchev–Trinajstić information content (AvgIpc) is 3.05. The molecule has 0 spiro atoms. The molecule has 1 unspecified atom stereocenters. The van der Waals surface area contributed by atoms with Gasteiger partial charge in [-0.05, 0) is 23.8 Å². The largest absolute Gasteiger partial charge is 0.480 e. The van der Waals surface area contributed by atoms with Crippen LogP contribution in [0.15, 0.2) is 47.4 Å². The van der Waals surface area contributed by atoms with Gasteiger partial charge in [0.1, 0.15) is 6.04 Å². The highest BCUT2D eigenvalue weighted by atomic mass is 32.2. The van der Waals surface area contributed by atoms with E-state index in [1.807, 2.05) is 0 Å². The maximum atomic E-state index is 13.2. The van der Waals surface area contributed by atoms with Crippen molar-refractivity contribution in [3.63, 3.8) is 0 Å². The lowest BCUT2D eigenvalue weighted by molar-refractivity contribution is -0.140. The highest BCUT2D eigenvalue weighted by Crippen LogP contribution is 2.40. The molecule has 0 aromatic heterocycles. The summed E-state index contributed by atoms with van der Waals surface area (Å²) in [6.07, 6.45) is -4.69. The van der Waals surface area contributed by atoms with Gasteiger partial charge in [0.2, 0.25) is 0 Å². The van der Waals surface area contributed by atoms with Crippen LogP contribution in [0.4, 0.5) is 24.5 Å². The van der Waals surface area contributed by atoms with E-state index in [-0.39, 0.29) is 17.8 Å². The zero-order valence-corrected chi connectivity index (χ0v) is 14.8. The summed E-state index contributed by atoms with van der Waals surface area (Å²) in [5.74, 6) is -1.11. The van der Waals surface area contributed by atoms with Crippen LogP contribution in [0, 0.1) is 0 Å². The van der Waals surface area contributed by atoms with E-state index >= 15 is 0 Å². The van der Waals surface area contributed by atoms with Gasteiger partial charge in [0.05, 0.1) is 21.8 Å². The number of para-hydroxylation sites is 1. The van der Waals surface area contributed by atoms with Crippen molar-refractivity contribution in [2.75, 3.05) is 16.7 Å². The topological polar surface area (TPSA) is 86.7 Å². The molecule has 6 nitrogen and oxygen atoms in total. The number of benzene rings is 2. The summed E-state index contributed by atoms with van der Waals surface area (Å²) in [4.78, 5) is 10.3. The molecule has 1 aliphatic rings. The first-order chi connectivity index (χ1) is 12.5. The maximum absolute atomic E-state index is 13.2. The second kappa shape index (κ2) is 6.45. The van der Waals surface area contributed by atoms with Gasteiger partial charge in [0.25, 0.3) is 10.0 Å². The third-order valence-corrected chi connectivity index (χ3v) is 6.17. The smallest absolute Gasteiger partial charge is 0.417 e. The molecule has 144 valence electrons. The van der Waals surface area contributed by atoms with E-state index in [0.717, 1.165) is 23.5 Å². The van der Waals surface area contributed by atoms with Crippen molar-refractivity contribution >= 4 is 27.4 Å². The Morgan fingerprint density at radius 1 is 1.19 bits per heavy atom. The number of carbonyl (C=O) groups is 1. The van der Waals surface area contributed by atoms with Crippen LogP contribution in [-0.4, -0.2) is 32.6 Å². The van der Waals surface area contributed by atoms with E-state index in [1.165, 1.54) is 18.2 Å². The third-order valence-electron chi connectivity index (χ3n) is 4.34. The monoisotopic (exact) mass is 400 g/mol. The number of rotatable bonds is 4. The van der Waals surface area contributed by atoms with Gasteiger partial charge in [0, 0.05) is 13.5 Å². The zero-order valence-electron chi connectivity index (χ0n) is 14.0. The predicted octanol–water partition coefficient (Wildman–Crippen LogP) is 2.95. The van der Waals surface area contributed by atoms with Gasteiger partial charge in [-0.15, -0.1) is 0 Å². The molecule has 0 bridgehead atoms. The van der Waals surface area contributed by atoms with Gasteiger partial charge in [-0.25, -0.2) is 13.2 Å². The summed E-state index contributed by atoms with van der Waals surface area (Å²) in [6.45, 7) is 0. The second-order valence-electron chi connectivity index (χ2n) is 6.02. The van der Waals surface area contributed by atoms with Crippen LogP contribution >= 0.6 is 0 Å². The number of hydrogen-bond acceptors (Lipinski definition) is 4. The van der Waals surface area contributed by atoms with Crippen LogP contribution in [0.2, 0.25) is 0 Å². The Labute approximate surface area is 153 Å². The molecule has 27 heavy (non-hydrogen) atoms. The quantitative estimate of drug-likeness (QED) is 0.824. The van der Waals surface area contributed by atoms with Gasteiger partial charge in [-0.3, -0.25) is 4.31 Å². The number of halogens is 3. The molecule has 0 amide bonds. The minimum atomic E-state index is -4.84. The lowest BCUT2D eigenvalue weighted by Crippen LogP contribution is -2.30. The van der Waals surface area contributed by atoms with Gasteiger partial charge < -0.3 is 10.4 Å². The van der Waals surface area contributed by atoms with Crippen LogP contribution in [-0.2, 0) is 27.4 Å². The maximum Gasteiger partial charge on any atom is 0.417 e. The number of alkyl halides is 3. The molecule has 2 aromatic rings. The fourth-order valence-corrected chi connectivity index (χ4v) is 4.40. The molecule has 0 saturated heterocycles. The number of carboxylic acids is 1. The predicted molar refractivity (Wildman–Crippen MR) is 92.2 cm³/mol. The molecule has 0 fully saturated rings. The number of nitrogens with one attached hydrogen (secondary N) is 1. The fraction of sp³-hybridized carbons (Fsp3) is 0.235. The molecule has 1 aliphatic heterocycles. The van der Waals surface area contributed by atoms with E-state index in [2.05, 4.69) is 5.32 Å². The van der Waals surface area contributed by atoms with E-state index < -0.39 is 38.7 Å². The first-order valence-corrected chi connectivity index (χ1v) is 9.24. The van der Waals surface area contributed by atoms with E-state index in [4.69, 9.17) is 5.11 Å². The summed E-state index contributed by atoms with van der Waals surface area (Å²) in [5.41, 5.74) is -0.333. The highest BCUT2D eigenvalue weighted by molar-refractivity contribution is 7.92. The van der Waals surface area contributed by atoms with Crippen LogP contribution in [0.3, 0.4) is 0 Å². The average molecular weight is 400 g/mol. The molecule has 3 rings (SSSR count). The molecule has 0 saturated carbocycles. The normalized spacial score (nSPS) is 16.5. The Morgan fingerprint density at radius 3 is 2.48 bits per heavy atom. The lowest BCUT2D eigenvalue weighted by Gasteiger charge is -2.24. The van der Waals surface area contributed by atoms with E-state index in [1.54, 1.807) is 6.07 Å². The minimum Gasteiger partial charge on any atom is -0.480 e. The van der Waals surface area contributed by atoms with Crippen molar-refractivity contribution in [3.8, 4) is 0 Å².